The van der Waals surface area contributed by atoms with Crippen molar-refractivity contribution in [2.75, 3.05) is 11.9 Å². The summed E-state index contributed by atoms with van der Waals surface area (Å²) in [5.74, 6) is 0.818. The number of alkyl halides is 1. The lowest BCUT2D eigenvalue weighted by Crippen LogP contribution is -2.31. The van der Waals surface area contributed by atoms with Crippen LogP contribution in [-0.2, 0) is 6.54 Å². The van der Waals surface area contributed by atoms with Crippen LogP contribution in [0.2, 0.25) is 0 Å². The standard InChI is InChI=1S/C14H24BrNS/c1-12(2)16(9-7-13(3)6-8-15)11-14-5-4-10-17-14/h4-5,10,12-13H,6-9,11H2,1-3H3. The maximum absolute atomic E-state index is 3.52. The van der Waals surface area contributed by atoms with Gasteiger partial charge in [0, 0.05) is 22.8 Å². The van der Waals surface area contributed by atoms with E-state index in [4.69, 9.17) is 0 Å². The zero-order valence-corrected chi connectivity index (χ0v) is 13.6. The molecule has 0 bridgehead atoms. The normalized spacial score (nSPS) is 13.5. The molecule has 1 atom stereocenters. The zero-order valence-electron chi connectivity index (χ0n) is 11.2. The molecule has 0 aliphatic heterocycles. The molecular formula is C14H24BrNS. The number of nitrogens with zero attached hydrogens (tertiary/aromatic N) is 1. The average molecular weight is 318 g/mol. The molecule has 0 aliphatic carbocycles. The SMILES string of the molecule is CC(CCBr)CCN(Cc1cccs1)C(C)C. The zero-order chi connectivity index (χ0) is 12.7. The second-order valence-corrected chi connectivity index (χ2v) is 6.84. The van der Waals surface area contributed by atoms with Crippen molar-refractivity contribution in [3.63, 3.8) is 0 Å². The van der Waals surface area contributed by atoms with Crippen molar-refractivity contribution >= 4 is 27.3 Å². The van der Waals surface area contributed by atoms with E-state index in [1.54, 1.807) is 0 Å². The summed E-state index contributed by atoms with van der Waals surface area (Å²) < 4.78 is 0. The number of halogens is 1. The third-order valence-corrected chi connectivity index (χ3v) is 4.50. The third kappa shape index (κ3) is 6.03. The predicted octanol–water partition coefficient (Wildman–Crippen LogP) is 4.77. The molecule has 0 spiro atoms. The fraction of sp³-hybridized carbons (Fsp3) is 0.714. The summed E-state index contributed by atoms with van der Waals surface area (Å²) in [5, 5.41) is 3.29. The quantitative estimate of drug-likeness (QED) is 0.624. The minimum atomic E-state index is 0.633. The molecule has 1 rings (SSSR count). The van der Waals surface area contributed by atoms with Crippen LogP contribution in [0.5, 0.6) is 0 Å². The maximum atomic E-state index is 3.52. The van der Waals surface area contributed by atoms with Crippen molar-refractivity contribution < 1.29 is 0 Å². The molecule has 0 saturated heterocycles. The molecule has 0 fully saturated rings. The molecule has 1 nitrogen and oxygen atoms in total. The number of rotatable bonds is 8. The van der Waals surface area contributed by atoms with Crippen LogP contribution >= 0.6 is 27.3 Å². The topological polar surface area (TPSA) is 3.24 Å². The molecule has 0 amide bonds. The van der Waals surface area contributed by atoms with Gasteiger partial charge >= 0.3 is 0 Å². The molecule has 0 radical (unpaired) electrons. The van der Waals surface area contributed by atoms with Gasteiger partial charge in [-0.15, -0.1) is 11.3 Å². The summed E-state index contributed by atoms with van der Waals surface area (Å²) in [7, 11) is 0. The van der Waals surface area contributed by atoms with Gasteiger partial charge in [0.15, 0.2) is 0 Å². The second kappa shape index (κ2) is 8.28. The lowest BCUT2D eigenvalue weighted by molar-refractivity contribution is 0.200. The highest BCUT2D eigenvalue weighted by Gasteiger charge is 2.12. The van der Waals surface area contributed by atoms with Crippen molar-refractivity contribution in [1.82, 2.24) is 4.90 Å². The Kier molecular flexibility index (Phi) is 7.40. The van der Waals surface area contributed by atoms with Crippen LogP contribution in [0.1, 0.15) is 38.5 Å². The second-order valence-electron chi connectivity index (χ2n) is 5.02. The van der Waals surface area contributed by atoms with Gasteiger partial charge in [-0.25, -0.2) is 0 Å². The van der Waals surface area contributed by atoms with E-state index in [1.807, 2.05) is 11.3 Å². The molecular weight excluding hydrogens is 294 g/mol. The van der Waals surface area contributed by atoms with Crippen molar-refractivity contribution in [2.24, 2.45) is 5.92 Å². The van der Waals surface area contributed by atoms with Gasteiger partial charge in [-0.05, 0) is 50.6 Å². The highest BCUT2D eigenvalue weighted by molar-refractivity contribution is 9.09. The van der Waals surface area contributed by atoms with Crippen molar-refractivity contribution in [3.8, 4) is 0 Å². The fourth-order valence-corrected chi connectivity index (χ4v) is 3.35. The molecule has 0 N–H and O–H groups in total. The van der Waals surface area contributed by atoms with Crippen molar-refractivity contribution in [3.05, 3.63) is 22.4 Å². The summed E-state index contributed by atoms with van der Waals surface area (Å²) >= 11 is 5.39. The lowest BCUT2D eigenvalue weighted by Gasteiger charge is -2.27. The first-order valence-electron chi connectivity index (χ1n) is 6.46. The smallest absolute Gasteiger partial charge is 0.0330 e. The van der Waals surface area contributed by atoms with Crippen LogP contribution in [-0.4, -0.2) is 22.8 Å². The molecule has 1 unspecified atom stereocenters. The van der Waals surface area contributed by atoms with E-state index in [0.29, 0.717) is 6.04 Å². The van der Waals surface area contributed by atoms with E-state index in [9.17, 15) is 0 Å². The number of hydrogen-bond donors (Lipinski definition) is 0. The summed E-state index contributed by atoms with van der Waals surface area (Å²) in [4.78, 5) is 4.06. The first-order chi connectivity index (χ1) is 8.13. The minimum Gasteiger partial charge on any atom is -0.296 e. The van der Waals surface area contributed by atoms with E-state index in [0.717, 1.165) is 17.8 Å². The fourth-order valence-electron chi connectivity index (χ4n) is 1.84. The van der Waals surface area contributed by atoms with E-state index in [1.165, 1.54) is 24.3 Å². The van der Waals surface area contributed by atoms with E-state index < -0.39 is 0 Å². The van der Waals surface area contributed by atoms with E-state index >= 15 is 0 Å². The Hall–Kier alpha value is 0.140. The van der Waals surface area contributed by atoms with Gasteiger partial charge < -0.3 is 0 Å². The number of thiophene rings is 1. The summed E-state index contributed by atoms with van der Waals surface area (Å²) in [6.45, 7) is 9.26. The largest absolute Gasteiger partial charge is 0.296 e. The minimum absolute atomic E-state index is 0.633. The molecule has 1 aromatic heterocycles. The van der Waals surface area contributed by atoms with Gasteiger partial charge in [-0.2, -0.15) is 0 Å². The first kappa shape index (κ1) is 15.2. The predicted molar refractivity (Wildman–Crippen MR) is 82.1 cm³/mol. The van der Waals surface area contributed by atoms with Crippen molar-refractivity contribution in [2.45, 2.75) is 46.2 Å². The van der Waals surface area contributed by atoms with Gasteiger partial charge in [-0.1, -0.05) is 28.9 Å². The Morgan fingerprint density at radius 3 is 2.59 bits per heavy atom. The van der Waals surface area contributed by atoms with Crippen LogP contribution in [0.4, 0.5) is 0 Å². The molecule has 3 heteroatoms. The molecule has 1 aromatic rings. The molecule has 17 heavy (non-hydrogen) atoms. The molecule has 0 saturated carbocycles. The van der Waals surface area contributed by atoms with E-state index in [2.05, 4.69) is 59.1 Å². The van der Waals surface area contributed by atoms with Gasteiger partial charge in [0.25, 0.3) is 0 Å². The third-order valence-electron chi connectivity index (χ3n) is 3.18. The Labute approximate surface area is 118 Å². The molecule has 1 heterocycles. The highest BCUT2D eigenvalue weighted by atomic mass is 79.9. The summed E-state index contributed by atoms with van der Waals surface area (Å²) in [6.07, 6.45) is 2.58. The van der Waals surface area contributed by atoms with Crippen LogP contribution in [0, 0.1) is 5.92 Å². The Bertz CT molecular complexity index is 284. The van der Waals surface area contributed by atoms with Crippen LogP contribution in [0.3, 0.4) is 0 Å². The maximum Gasteiger partial charge on any atom is 0.0330 e. The van der Waals surface area contributed by atoms with Gasteiger partial charge in [0.2, 0.25) is 0 Å². The summed E-state index contributed by atoms with van der Waals surface area (Å²) in [5.41, 5.74) is 0. The Morgan fingerprint density at radius 2 is 2.06 bits per heavy atom. The van der Waals surface area contributed by atoms with Crippen LogP contribution in [0.25, 0.3) is 0 Å². The van der Waals surface area contributed by atoms with Crippen molar-refractivity contribution in [1.29, 1.82) is 0 Å². The Balaban J connectivity index is 2.38. The van der Waals surface area contributed by atoms with E-state index in [-0.39, 0.29) is 0 Å². The summed E-state index contributed by atoms with van der Waals surface area (Å²) in [6, 6.07) is 5.02. The average Bonchev–Trinajstić information content (AvgIpc) is 2.76. The Morgan fingerprint density at radius 1 is 1.29 bits per heavy atom. The lowest BCUT2D eigenvalue weighted by atomic mass is 10.0. The monoisotopic (exact) mass is 317 g/mol. The number of hydrogen-bond acceptors (Lipinski definition) is 2. The molecule has 0 aromatic carbocycles. The van der Waals surface area contributed by atoms with Crippen LogP contribution in [0.15, 0.2) is 17.5 Å². The first-order valence-corrected chi connectivity index (χ1v) is 8.46. The van der Waals surface area contributed by atoms with Gasteiger partial charge in [0.1, 0.15) is 0 Å². The highest BCUT2D eigenvalue weighted by Crippen LogP contribution is 2.16. The molecule has 0 aliphatic rings. The van der Waals surface area contributed by atoms with Crippen LogP contribution < -0.4 is 0 Å². The molecule has 98 valence electrons. The van der Waals surface area contributed by atoms with Gasteiger partial charge in [-0.3, -0.25) is 4.90 Å². The van der Waals surface area contributed by atoms with Gasteiger partial charge in [0.05, 0.1) is 0 Å².